The van der Waals surface area contributed by atoms with Crippen LogP contribution in [0.2, 0.25) is 0 Å². The van der Waals surface area contributed by atoms with Crippen molar-refractivity contribution in [3.8, 4) is 0 Å². The number of aliphatic hydroxyl groups is 1. The molecule has 1 aliphatic rings. The minimum absolute atomic E-state index is 0.140. The van der Waals surface area contributed by atoms with Crippen LogP contribution in [0.5, 0.6) is 0 Å². The van der Waals surface area contributed by atoms with Crippen molar-refractivity contribution in [3.05, 3.63) is 0 Å². The summed E-state index contributed by atoms with van der Waals surface area (Å²) in [4.78, 5) is 2.54. The fourth-order valence-electron chi connectivity index (χ4n) is 2.29. The van der Waals surface area contributed by atoms with Crippen molar-refractivity contribution in [3.63, 3.8) is 0 Å². The molecule has 0 spiro atoms. The summed E-state index contributed by atoms with van der Waals surface area (Å²) in [6, 6.07) is 0. The Bertz CT molecular complexity index is 184. The van der Waals surface area contributed by atoms with Crippen LogP contribution in [0.3, 0.4) is 0 Å². The first kappa shape index (κ1) is 15.3. The molecule has 17 heavy (non-hydrogen) atoms. The van der Waals surface area contributed by atoms with Crippen LogP contribution in [0.15, 0.2) is 0 Å². The molecule has 0 aromatic heterocycles. The smallest absolute Gasteiger partial charge is 0.0701 e. The van der Waals surface area contributed by atoms with Crippen molar-refractivity contribution in [2.45, 2.75) is 38.7 Å². The second-order valence-corrected chi connectivity index (χ2v) is 5.49. The van der Waals surface area contributed by atoms with E-state index in [1.807, 2.05) is 0 Å². The summed E-state index contributed by atoms with van der Waals surface area (Å²) in [5.74, 6) is 1.79. The number of rotatable bonds is 8. The number of aliphatic hydroxyl groups excluding tert-OH is 1. The molecule has 1 rings (SSSR count). The molecule has 0 radical (unpaired) electrons. The Balaban J connectivity index is 2.06. The van der Waals surface area contributed by atoms with Crippen LogP contribution >= 0.6 is 12.6 Å². The molecule has 0 aliphatic carbocycles. The fourth-order valence-corrected chi connectivity index (χ4v) is 2.73. The molecule has 1 fully saturated rings. The number of piperidine rings is 1. The van der Waals surface area contributed by atoms with Crippen LogP contribution in [0.1, 0.15) is 32.6 Å². The van der Waals surface area contributed by atoms with E-state index in [0.29, 0.717) is 12.7 Å². The van der Waals surface area contributed by atoms with Gasteiger partial charge in [0.15, 0.2) is 0 Å². The van der Waals surface area contributed by atoms with Gasteiger partial charge in [-0.2, -0.15) is 12.6 Å². The maximum absolute atomic E-state index is 8.70. The predicted octanol–water partition coefficient (Wildman–Crippen LogP) is 1.81. The van der Waals surface area contributed by atoms with Crippen LogP contribution in [-0.4, -0.2) is 54.7 Å². The summed E-state index contributed by atoms with van der Waals surface area (Å²) >= 11 is 4.27. The highest BCUT2D eigenvalue weighted by Crippen LogP contribution is 2.16. The van der Waals surface area contributed by atoms with E-state index in [1.54, 1.807) is 0 Å². The highest BCUT2D eigenvalue weighted by Gasteiger charge is 2.19. The van der Waals surface area contributed by atoms with Crippen LogP contribution in [-0.2, 0) is 4.74 Å². The number of likely N-dealkylation sites (tertiary alicyclic amines) is 1. The summed E-state index contributed by atoms with van der Waals surface area (Å²) in [6.45, 7) is 6.44. The average molecular weight is 261 g/mol. The van der Waals surface area contributed by atoms with E-state index in [9.17, 15) is 0 Å². The molecule has 0 bridgehead atoms. The predicted molar refractivity (Wildman–Crippen MR) is 74.8 cm³/mol. The van der Waals surface area contributed by atoms with Gasteiger partial charge < -0.3 is 14.7 Å². The lowest BCUT2D eigenvalue weighted by Gasteiger charge is -2.32. The number of thiol groups is 1. The standard InChI is InChI=1S/C13H27NO2S/c1-12(5-11-17)2-6-14-7-3-13(4-8-14)16-10-9-15/h12-13,15,17H,2-11H2,1H3. The molecule has 1 atom stereocenters. The van der Waals surface area contributed by atoms with Gasteiger partial charge in [-0.05, 0) is 43.9 Å². The van der Waals surface area contributed by atoms with E-state index >= 15 is 0 Å². The molecule has 0 aromatic carbocycles. The number of hydrogen-bond acceptors (Lipinski definition) is 4. The summed E-state index contributed by atoms with van der Waals surface area (Å²) < 4.78 is 5.56. The van der Waals surface area contributed by atoms with Gasteiger partial charge in [0.05, 0.1) is 19.3 Å². The summed E-state index contributed by atoms with van der Waals surface area (Å²) in [7, 11) is 0. The molecular weight excluding hydrogens is 234 g/mol. The zero-order chi connectivity index (χ0) is 12.5. The Morgan fingerprint density at radius 2 is 2.06 bits per heavy atom. The zero-order valence-electron chi connectivity index (χ0n) is 11.0. The summed E-state index contributed by atoms with van der Waals surface area (Å²) in [6.07, 6.45) is 5.09. The topological polar surface area (TPSA) is 32.7 Å². The van der Waals surface area contributed by atoms with Crippen molar-refractivity contribution in [1.29, 1.82) is 0 Å². The lowest BCUT2D eigenvalue weighted by Crippen LogP contribution is -2.38. The monoisotopic (exact) mass is 261 g/mol. The van der Waals surface area contributed by atoms with Gasteiger partial charge in [-0.15, -0.1) is 0 Å². The zero-order valence-corrected chi connectivity index (χ0v) is 11.9. The number of nitrogens with zero attached hydrogens (tertiary/aromatic N) is 1. The molecule has 1 aliphatic heterocycles. The second-order valence-electron chi connectivity index (χ2n) is 5.04. The van der Waals surface area contributed by atoms with E-state index in [2.05, 4.69) is 24.5 Å². The maximum Gasteiger partial charge on any atom is 0.0701 e. The molecule has 0 saturated carbocycles. The van der Waals surface area contributed by atoms with E-state index in [0.717, 1.165) is 37.6 Å². The van der Waals surface area contributed by atoms with Gasteiger partial charge in [0.25, 0.3) is 0 Å². The quantitative estimate of drug-likeness (QED) is 0.654. The van der Waals surface area contributed by atoms with Crippen molar-refractivity contribution in [1.82, 2.24) is 4.90 Å². The molecule has 1 saturated heterocycles. The van der Waals surface area contributed by atoms with Gasteiger partial charge in [-0.3, -0.25) is 0 Å². The van der Waals surface area contributed by atoms with Crippen LogP contribution < -0.4 is 0 Å². The summed E-state index contributed by atoms with van der Waals surface area (Å²) in [5, 5.41) is 8.70. The van der Waals surface area contributed by atoms with Crippen LogP contribution in [0.25, 0.3) is 0 Å². The largest absolute Gasteiger partial charge is 0.394 e. The van der Waals surface area contributed by atoms with Crippen molar-refractivity contribution in [2.24, 2.45) is 5.92 Å². The maximum atomic E-state index is 8.70. The SMILES string of the molecule is CC(CCS)CCN1CCC(OCCO)CC1. The summed E-state index contributed by atoms with van der Waals surface area (Å²) in [5.41, 5.74) is 0. The first-order valence-electron chi connectivity index (χ1n) is 6.82. The lowest BCUT2D eigenvalue weighted by atomic mass is 10.0. The fraction of sp³-hybridized carbons (Fsp3) is 1.00. The molecule has 0 amide bonds. The second kappa shape index (κ2) is 9.20. The normalized spacial score (nSPS) is 20.6. The Morgan fingerprint density at radius 1 is 1.35 bits per heavy atom. The molecule has 4 heteroatoms. The first-order chi connectivity index (χ1) is 8.26. The molecular formula is C13H27NO2S. The average Bonchev–Trinajstić information content (AvgIpc) is 2.35. The third-order valence-electron chi connectivity index (χ3n) is 3.54. The molecule has 102 valence electrons. The van der Waals surface area contributed by atoms with Gasteiger partial charge in [0.2, 0.25) is 0 Å². The van der Waals surface area contributed by atoms with Gasteiger partial charge in [0, 0.05) is 13.1 Å². The van der Waals surface area contributed by atoms with E-state index < -0.39 is 0 Å². The Morgan fingerprint density at radius 3 is 2.65 bits per heavy atom. The van der Waals surface area contributed by atoms with Crippen LogP contribution in [0.4, 0.5) is 0 Å². The van der Waals surface area contributed by atoms with E-state index in [4.69, 9.17) is 9.84 Å². The Kier molecular flexibility index (Phi) is 8.27. The van der Waals surface area contributed by atoms with Crippen molar-refractivity contribution < 1.29 is 9.84 Å². The molecule has 1 N–H and O–H groups in total. The van der Waals surface area contributed by atoms with Crippen molar-refractivity contribution >= 4 is 12.6 Å². The third kappa shape index (κ3) is 6.65. The molecule has 0 aromatic rings. The molecule has 1 unspecified atom stereocenters. The first-order valence-corrected chi connectivity index (χ1v) is 7.45. The minimum atomic E-state index is 0.140. The van der Waals surface area contributed by atoms with Crippen molar-refractivity contribution in [2.75, 3.05) is 38.6 Å². The lowest BCUT2D eigenvalue weighted by molar-refractivity contribution is -0.00830. The molecule has 1 heterocycles. The minimum Gasteiger partial charge on any atom is -0.394 e. The van der Waals surface area contributed by atoms with Gasteiger partial charge in [0.1, 0.15) is 0 Å². The van der Waals surface area contributed by atoms with Crippen LogP contribution in [0, 0.1) is 5.92 Å². The Hall–Kier alpha value is 0.230. The van der Waals surface area contributed by atoms with E-state index in [-0.39, 0.29) is 6.61 Å². The number of ether oxygens (including phenoxy) is 1. The highest BCUT2D eigenvalue weighted by atomic mass is 32.1. The Labute approximate surface area is 111 Å². The third-order valence-corrected chi connectivity index (χ3v) is 3.80. The van der Waals surface area contributed by atoms with Gasteiger partial charge >= 0.3 is 0 Å². The molecule has 3 nitrogen and oxygen atoms in total. The van der Waals surface area contributed by atoms with E-state index in [1.165, 1.54) is 19.4 Å². The number of hydrogen-bond donors (Lipinski definition) is 2. The highest BCUT2D eigenvalue weighted by molar-refractivity contribution is 7.80. The van der Waals surface area contributed by atoms with Gasteiger partial charge in [-0.1, -0.05) is 6.92 Å². The van der Waals surface area contributed by atoms with Gasteiger partial charge in [-0.25, -0.2) is 0 Å².